The molecule has 2 rings (SSSR count). The molecule has 136 valence electrons. The van der Waals surface area contributed by atoms with Crippen LogP contribution < -0.4 is 5.32 Å². The lowest BCUT2D eigenvalue weighted by Crippen LogP contribution is -2.49. The van der Waals surface area contributed by atoms with Crippen LogP contribution in [0.2, 0.25) is 0 Å². The van der Waals surface area contributed by atoms with E-state index in [1.165, 1.54) is 0 Å². The second kappa shape index (κ2) is 7.48. The average molecular weight is 378 g/mol. The zero-order valence-corrected chi connectivity index (χ0v) is 15.9. The summed E-state index contributed by atoms with van der Waals surface area (Å²) >= 11 is 11.1. The molecule has 2 heterocycles. The molecule has 8 heteroatoms. The Labute approximate surface area is 152 Å². The summed E-state index contributed by atoms with van der Waals surface area (Å²) < 4.78 is 0. The van der Waals surface area contributed by atoms with Crippen molar-refractivity contribution in [1.82, 2.24) is 15.1 Å². The minimum absolute atomic E-state index is 0.0159. The largest absolute Gasteiger partial charge is 0.351 e. The standard InChI is InChI=1S/C16H25Cl2N3O3/c1-16(2,3)21-9-10(8-12(21)22)15(24)20-6-4-11(5-7-20)19-14(23)13(17)18/h10-11,13H,4-9H2,1-3H3,(H,19,23). The maximum atomic E-state index is 12.7. The van der Waals surface area contributed by atoms with Crippen LogP contribution in [0.15, 0.2) is 0 Å². The summed E-state index contributed by atoms with van der Waals surface area (Å²) in [5, 5.41) is 2.78. The van der Waals surface area contributed by atoms with E-state index in [1.54, 1.807) is 9.80 Å². The first-order chi connectivity index (χ1) is 11.1. The van der Waals surface area contributed by atoms with E-state index in [-0.39, 0.29) is 35.7 Å². The molecule has 0 aromatic carbocycles. The Hall–Kier alpha value is -1.01. The number of likely N-dealkylation sites (tertiary alicyclic amines) is 2. The summed E-state index contributed by atoms with van der Waals surface area (Å²) in [4.78, 5) is 38.8. The van der Waals surface area contributed by atoms with Gasteiger partial charge in [-0.1, -0.05) is 23.2 Å². The van der Waals surface area contributed by atoms with Crippen molar-refractivity contribution < 1.29 is 14.4 Å². The fraction of sp³-hybridized carbons (Fsp3) is 0.812. The molecule has 1 atom stereocenters. The molecule has 24 heavy (non-hydrogen) atoms. The maximum Gasteiger partial charge on any atom is 0.253 e. The first-order valence-electron chi connectivity index (χ1n) is 8.27. The number of piperidine rings is 1. The Morgan fingerprint density at radius 1 is 1.21 bits per heavy atom. The Bertz CT molecular complexity index is 511. The first-order valence-corrected chi connectivity index (χ1v) is 9.14. The monoisotopic (exact) mass is 377 g/mol. The van der Waals surface area contributed by atoms with Gasteiger partial charge in [-0.05, 0) is 33.6 Å². The summed E-state index contributed by atoms with van der Waals surface area (Å²) in [6.07, 6.45) is 1.62. The van der Waals surface area contributed by atoms with E-state index in [9.17, 15) is 14.4 Å². The molecular weight excluding hydrogens is 353 g/mol. The van der Waals surface area contributed by atoms with Gasteiger partial charge in [0, 0.05) is 37.6 Å². The van der Waals surface area contributed by atoms with Crippen LogP contribution in [0.5, 0.6) is 0 Å². The summed E-state index contributed by atoms with van der Waals surface area (Å²) in [5.41, 5.74) is -0.261. The molecule has 1 unspecified atom stereocenters. The van der Waals surface area contributed by atoms with Crippen LogP contribution in [0.25, 0.3) is 0 Å². The third kappa shape index (κ3) is 4.54. The van der Waals surface area contributed by atoms with Crippen molar-refractivity contribution >= 4 is 40.9 Å². The van der Waals surface area contributed by atoms with Crippen LogP contribution in [-0.2, 0) is 14.4 Å². The fourth-order valence-corrected chi connectivity index (χ4v) is 3.41. The predicted octanol–water partition coefficient (Wildman–Crippen LogP) is 1.54. The van der Waals surface area contributed by atoms with Gasteiger partial charge >= 0.3 is 0 Å². The average Bonchev–Trinajstić information content (AvgIpc) is 2.89. The Morgan fingerprint density at radius 3 is 2.25 bits per heavy atom. The van der Waals surface area contributed by atoms with Crippen molar-refractivity contribution in [2.24, 2.45) is 5.92 Å². The SMILES string of the molecule is CC(C)(C)N1CC(C(=O)N2CCC(NC(=O)C(Cl)Cl)CC2)CC1=O. The number of rotatable bonds is 3. The van der Waals surface area contributed by atoms with E-state index < -0.39 is 10.7 Å². The lowest BCUT2D eigenvalue weighted by molar-refractivity contribution is -0.137. The highest BCUT2D eigenvalue weighted by Crippen LogP contribution is 2.27. The molecule has 0 bridgehead atoms. The molecule has 2 aliphatic heterocycles. The van der Waals surface area contributed by atoms with E-state index in [0.717, 1.165) is 0 Å². The topological polar surface area (TPSA) is 69.7 Å². The van der Waals surface area contributed by atoms with Crippen molar-refractivity contribution in [3.05, 3.63) is 0 Å². The molecular formula is C16H25Cl2N3O3. The third-order valence-corrected chi connectivity index (χ3v) is 5.03. The molecule has 2 saturated heterocycles. The smallest absolute Gasteiger partial charge is 0.253 e. The van der Waals surface area contributed by atoms with Crippen LogP contribution in [0.4, 0.5) is 0 Å². The van der Waals surface area contributed by atoms with Crippen molar-refractivity contribution in [2.45, 2.75) is 56.5 Å². The number of carbonyl (C=O) groups is 3. The van der Waals surface area contributed by atoms with Crippen LogP contribution in [-0.4, -0.2) is 63.6 Å². The van der Waals surface area contributed by atoms with Crippen molar-refractivity contribution in [3.8, 4) is 0 Å². The lowest BCUT2D eigenvalue weighted by Gasteiger charge is -2.35. The highest BCUT2D eigenvalue weighted by molar-refractivity contribution is 6.53. The van der Waals surface area contributed by atoms with Crippen LogP contribution in [0, 0.1) is 5.92 Å². The number of hydrogen-bond donors (Lipinski definition) is 1. The van der Waals surface area contributed by atoms with E-state index in [0.29, 0.717) is 32.5 Å². The first kappa shape index (κ1) is 19.3. The molecule has 0 spiro atoms. The quantitative estimate of drug-likeness (QED) is 0.758. The molecule has 3 amide bonds. The maximum absolute atomic E-state index is 12.7. The van der Waals surface area contributed by atoms with Gasteiger partial charge in [-0.3, -0.25) is 14.4 Å². The molecule has 2 aliphatic rings. The predicted molar refractivity (Wildman–Crippen MR) is 92.8 cm³/mol. The van der Waals surface area contributed by atoms with Gasteiger partial charge in [-0.2, -0.15) is 0 Å². The van der Waals surface area contributed by atoms with Gasteiger partial charge in [0.1, 0.15) is 0 Å². The molecule has 0 radical (unpaired) electrons. The molecule has 0 aromatic heterocycles. The summed E-state index contributed by atoms with van der Waals surface area (Å²) in [5.74, 6) is -0.589. The summed E-state index contributed by atoms with van der Waals surface area (Å²) in [7, 11) is 0. The van der Waals surface area contributed by atoms with E-state index >= 15 is 0 Å². The number of carbonyl (C=O) groups excluding carboxylic acids is 3. The van der Waals surface area contributed by atoms with Crippen molar-refractivity contribution in [3.63, 3.8) is 0 Å². The number of nitrogens with one attached hydrogen (secondary N) is 1. The highest BCUT2D eigenvalue weighted by atomic mass is 35.5. The van der Waals surface area contributed by atoms with Gasteiger partial charge in [-0.25, -0.2) is 0 Å². The summed E-state index contributed by atoms with van der Waals surface area (Å²) in [6.45, 7) is 7.56. The highest BCUT2D eigenvalue weighted by Gasteiger charge is 2.41. The molecule has 6 nitrogen and oxygen atoms in total. The van der Waals surface area contributed by atoms with Gasteiger partial charge in [0.2, 0.25) is 11.8 Å². The molecule has 0 saturated carbocycles. The minimum Gasteiger partial charge on any atom is -0.351 e. The van der Waals surface area contributed by atoms with Gasteiger partial charge in [0.05, 0.1) is 5.92 Å². The molecule has 1 N–H and O–H groups in total. The number of nitrogens with zero attached hydrogens (tertiary/aromatic N) is 2. The Kier molecular flexibility index (Phi) is 6.02. The van der Waals surface area contributed by atoms with Crippen molar-refractivity contribution in [1.29, 1.82) is 0 Å². The third-order valence-electron chi connectivity index (χ3n) is 4.64. The van der Waals surface area contributed by atoms with E-state index in [4.69, 9.17) is 23.2 Å². The molecule has 0 aliphatic carbocycles. The Balaban J connectivity index is 1.85. The van der Waals surface area contributed by atoms with Crippen molar-refractivity contribution in [2.75, 3.05) is 19.6 Å². The Morgan fingerprint density at radius 2 is 1.79 bits per heavy atom. The minimum atomic E-state index is -1.07. The van der Waals surface area contributed by atoms with Gasteiger partial charge in [0.25, 0.3) is 5.91 Å². The van der Waals surface area contributed by atoms with Crippen LogP contribution >= 0.6 is 23.2 Å². The van der Waals surface area contributed by atoms with Gasteiger partial charge in [-0.15, -0.1) is 0 Å². The second-order valence-electron chi connectivity index (χ2n) is 7.49. The number of alkyl halides is 2. The normalized spacial score (nSPS) is 23.1. The molecule has 2 fully saturated rings. The summed E-state index contributed by atoms with van der Waals surface area (Å²) in [6, 6.07) is -0.0159. The second-order valence-corrected chi connectivity index (χ2v) is 8.58. The number of hydrogen-bond acceptors (Lipinski definition) is 3. The van der Waals surface area contributed by atoms with Gasteiger partial charge in [0.15, 0.2) is 4.84 Å². The van der Waals surface area contributed by atoms with Gasteiger partial charge < -0.3 is 15.1 Å². The zero-order chi connectivity index (χ0) is 18.1. The lowest BCUT2D eigenvalue weighted by atomic mass is 10.0. The zero-order valence-electron chi connectivity index (χ0n) is 14.3. The van der Waals surface area contributed by atoms with Crippen LogP contribution in [0.1, 0.15) is 40.0 Å². The van der Waals surface area contributed by atoms with Crippen LogP contribution in [0.3, 0.4) is 0 Å². The fourth-order valence-electron chi connectivity index (χ4n) is 3.29. The molecule has 0 aromatic rings. The van der Waals surface area contributed by atoms with E-state index in [1.807, 2.05) is 20.8 Å². The number of amides is 3. The number of halogens is 2. The van der Waals surface area contributed by atoms with E-state index in [2.05, 4.69) is 5.32 Å².